The van der Waals surface area contributed by atoms with Gasteiger partial charge in [0.2, 0.25) is 0 Å². The van der Waals surface area contributed by atoms with E-state index >= 15 is 0 Å². The van der Waals surface area contributed by atoms with E-state index in [0.717, 1.165) is 0 Å². The van der Waals surface area contributed by atoms with Gasteiger partial charge in [-0.2, -0.15) is 0 Å². The van der Waals surface area contributed by atoms with Crippen molar-refractivity contribution in [3.63, 3.8) is 0 Å². The third kappa shape index (κ3) is 4.73. The van der Waals surface area contributed by atoms with E-state index in [1.807, 2.05) is 0 Å². The number of nitrogens with zero attached hydrogens (tertiary/aromatic N) is 3. The molecule has 7 nitrogen and oxygen atoms in total. The van der Waals surface area contributed by atoms with Crippen molar-refractivity contribution in [2.75, 3.05) is 0 Å². The number of carboxylic acid groups (broad SMARTS) is 1. The number of hydrogen-bond acceptors (Lipinski definition) is 4. The number of benzene rings is 1. The van der Waals surface area contributed by atoms with Crippen molar-refractivity contribution in [1.29, 1.82) is 0 Å². The van der Waals surface area contributed by atoms with E-state index in [0.29, 0.717) is 12.0 Å². The summed E-state index contributed by atoms with van der Waals surface area (Å²) >= 11 is 0. The van der Waals surface area contributed by atoms with Crippen LogP contribution >= 0.6 is 0 Å². The molecule has 1 unspecified atom stereocenters. The van der Waals surface area contributed by atoms with Gasteiger partial charge < -0.3 is 10.4 Å². The minimum absolute atomic E-state index is 0.00347. The highest BCUT2D eigenvalue weighted by Crippen LogP contribution is 2.06. The van der Waals surface area contributed by atoms with Gasteiger partial charge in [-0.3, -0.25) is 4.79 Å². The molecule has 126 valence electrons. The Labute approximate surface area is 137 Å². The zero-order chi connectivity index (χ0) is 17.5. The van der Waals surface area contributed by atoms with Gasteiger partial charge in [-0.1, -0.05) is 23.4 Å². The van der Waals surface area contributed by atoms with Gasteiger partial charge in [-0.25, -0.2) is 13.9 Å². The van der Waals surface area contributed by atoms with Gasteiger partial charge in [0, 0.05) is 0 Å². The monoisotopic (exact) mass is 332 g/mol. The third-order valence-corrected chi connectivity index (χ3v) is 3.27. The van der Waals surface area contributed by atoms with Crippen LogP contribution in [0.4, 0.5) is 4.39 Å². The van der Waals surface area contributed by atoms with Crippen LogP contribution in [0.2, 0.25) is 0 Å². The molecule has 0 aliphatic carbocycles. The molecule has 0 saturated heterocycles. The summed E-state index contributed by atoms with van der Waals surface area (Å²) in [6.45, 7) is 3.77. The zero-order valence-electron chi connectivity index (χ0n) is 12.9. The van der Waals surface area contributed by atoms with Crippen LogP contribution in [-0.2, 0) is 11.3 Å². The lowest BCUT2D eigenvalue weighted by Gasteiger charge is -2.12. The van der Waals surface area contributed by atoms with Crippen LogP contribution in [0.1, 0.15) is 28.9 Å². The van der Waals surface area contributed by atoms with Gasteiger partial charge in [-0.05, 0) is 30.5 Å². The summed E-state index contributed by atoms with van der Waals surface area (Å²) in [5.41, 5.74) is 0.664. The Morgan fingerprint density at radius 3 is 2.92 bits per heavy atom. The maximum absolute atomic E-state index is 13.2. The van der Waals surface area contributed by atoms with E-state index in [1.165, 1.54) is 23.0 Å². The Kier molecular flexibility index (Phi) is 5.78. The second kappa shape index (κ2) is 8.00. The zero-order valence-corrected chi connectivity index (χ0v) is 12.9. The Morgan fingerprint density at radius 2 is 2.25 bits per heavy atom. The first-order valence-corrected chi connectivity index (χ1v) is 7.28. The van der Waals surface area contributed by atoms with Gasteiger partial charge in [0.1, 0.15) is 11.9 Å². The lowest BCUT2D eigenvalue weighted by Crippen LogP contribution is -2.40. The van der Waals surface area contributed by atoms with Crippen molar-refractivity contribution < 1.29 is 19.1 Å². The summed E-state index contributed by atoms with van der Waals surface area (Å²) < 4.78 is 14.5. The quantitative estimate of drug-likeness (QED) is 0.716. The second-order valence-corrected chi connectivity index (χ2v) is 5.16. The lowest BCUT2D eigenvalue weighted by molar-refractivity contribution is -0.139. The average Bonchev–Trinajstić information content (AvgIpc) is 2.99. The molecule has 0 saturated carbocycles. The van der Waals surface area contributed by atoms with Gasteiger partial charge in [-0.15, -0.1) is 11.7 Å². The van der Waals surface area contributed by atoms with E-state index in [1.54, 1.807) is 18.2 Å². The van der Waals surface area contributed by atoms with Crippen molar-refractivity contribution in [3.05, 3.63) is 60.2 Å². The molecule has 2 rings (SSSR count). The normalized spacial score (nSPS) is 11.7. The molecule has 1 aromatic carbocycles. The Hall–Kier alpha value is -3.03. The Morgan fingerprint density at radius 1 is 1.46 bits per heavy atom. The van der Waals surface area contributed by atoms with Crippen LogP contribution in [0.15, 0.2) is 43.1 Å². The highest BCUT2D eigenvalue weighted by Gasteiger charge is 2.21. The molecule has 0 spiro atoms. The van der Waals surface area contributed by atoms with Crippen molar-refractivity contribution in [1.82, 2.24) is 20.3 Å². The van der Waals surface area contributed by atoms with Crippen molar-refractivity contribution >= 4 is 11.9 Å². The molecule has 0 aliphatic rings. The summed E-state index contributed by atoms with van der Waals surface area (Å²) in [4.78, 5) is 23.2. The van der Waals surface area contributed by atoms with Crippen LogP contribution in [0.5, 0.6) is 0 Å². The molecule has 0 aliphatic heterocycles. The second-order valence-electron chi connectivity index (χ2n) is 5.16. The summed E-state index contributed by atoms with van der Waals surface area (Å²) in [5.74, 6) is -2.12. The standard InChI is InChI=1S/C16H17FN4O3/c1-2-3-7-13(16(23)24)18-15(22)14-10-21(20-19-14)9-11-5-4-6-12(17)8-11/h2,4-6,8,10,13H,1,3,7,9H2,(H,18,22)(H,23,24). The van der Waals surface area contributed by atoms with E-state index in [9.17, 15) is 14.0 Å². The topological polar surface area (TPSA) is 97.1 Å². The largest absolute Gasteiger partial charge is 0.480 e. The van der Waals surface area contributed by atoms with Crippen LogP contribution < -0.4 is 5.32 Å². The molecule has 1 atom stereocenters. The number of hydrogen-bond donors (Lipinski definition) is 2. The molecule has 2 aromatic rings. The first-order chi connectivity index (χ1) is 11.5. The SMILES string of the molecule is C=CCCC(NC(=O)c1cn(Cc2cccc(F)c2)nn1)C(=O)O. The predicted octanol–water partition coefficient (Wildman–Crippen LogP) is 1.61. The molecule has 0 bridgehead atoms. The highest BCUT2D eigenvalue weighted by molar-refractivity contribution is 5.94. The molecule has 24 heavy (non-hydrogen) atoms. The van der Waals surface area contributed by atoms with Crippen LogP contribution in [-0.4, -0.2) is 38.0 Å². The molecule has 0 radical (unpaired) electrons. The first-order valence-electron chi connectivity index (χ1n) is 7.28. The van der Waals surface area contributed by atoms with Crippen LogP contribution in [0.25, 0.3) is 0 Å². The number of aromatic nitrogens is 3. The number of carbonyl (C=O) groups is 2. The van der Waals surface area contributed by atoms with Gasteiger partial charge in [0.05, 0.1) is 12.7 Å². The fourth-order valence-electron chi connectivity index (χ4n) is 2.08. The lowest BCUT2D eigenvalue weighted by atomic mass is 10.1. The molecular weight excluding hydrogens is 315 g/mol. The summed E-state index contributed by atoms with van der Waals surface area (Å²) in [6, 6.07) is 4.96. The summed E-state index contributed by atoms with van der Waals surface area (Å²) in [5, 5.41) is 19.0. The van der Waals surface area contributed by atoms with Gasteiger partial charge in [0.15, 0.2) is 5.69 Å². The van der Waals surface area contributed by atoms with Crippen LogP contribution in [0.3, 0.4) is 0 Å². The van der Waals surface area contributed by atoms with Crippen LogP contribution in [0, 0.1) is 5.82 Å². The van der Waals surface area contributed by atoms with Crippen molar-refractivity contribution in [2.24, 2.45) is 0 Å². The Balaban J connectivity index is 2.02. The maximum Gasteiger partial charge on any atom is 0.326 e. The van der Waals surface area contributed by atoms with Crippen molar-refractivity contribution in [3.8, 4) is 0 Å². The maximum atomic E-state index is 13.2. The highest BCUT2D eigenvalue weighted by atomic mass is 19.1. The fraction of sp³-hybridized carbons (Fsp3) is 0.250. The number of halogens is 1. The predicted molar refractivity (Wildman–Crippen MR) is 83.8 cm³/mol. The van der Waals surface area contributed by atoms with Crippen molar-refractivity contribution in [2.45, 2.75) is 25.4 Å². The minimum Gasteiger partial charge on any atom is -0.480 e. The number of aliphatic carboxylic acids is 1. The summed E-state index contributed by atoms with van der Waals surface area (Å²) in [7, 11) is 0. The number of nitrogens with one attached hydrogen (secondary N) is 1. The number of allylic oxidation sites excluding steroid dienone is 1. The van der Waals surface area contributed by atoms with E-state index < -0.39 is 17.9 Å². The molecule has 8 heteroatoms. The number of carbonyl (C=O) groups excluding carboxylic acids is 1. The van der Waals surface area contributed by atoms with E-state index in [-0.39, 0.29) is 24.5 Å². The summed E-state index contributed by atoms with van der Waals surface area (Å²) in [6.07, 6.45) is 3.66. The molecule has 1 amide bonds. The molecule has 1 aromatic heterocycles. The molecule has 2 N–H and O–H groups in total. The molecular formula is C16H17FN4O3. The smallest absolute Gasteiger partial charge is 0.326 e. The fourth-order valence-corrected chi connectivity index (χ4v) is 2.08. The van der Waals surface area contributed by atoms with Gasteiger partial charge >= 0.3 is 5.97 Å². The minimum atomic E-state index is -1.13. The van der Waals surface area contributed by atoms with E-state index in [4.69, 9.17) is 5.11 Å². The number of amides is 1. The Bertz CT molecular complexity index is 744. The van der Waals surface area contributed by atoms with E-state index in [2.05, 4.69) is 22.2 Å². The third-order valence-electron chi connectivity index (χ3n) is 3.27. The average molecular weight is 332 g/mol. The number of carboxylic acids is 1. The molecule has 1 heterocycles. The van der Waals surface area contributed by atoms with Gasteiger partial charge in [0.25, 0.3) is 5.91 Å². The number of rotatable bonds is 8. The first kappa shape index (κ1) is 17.3. The molecule has 0 fully saturated rings.